The first-order chi connectivity index (χ1) is 16.2. The van der Waals surface area contributed by atoms with Crippen molar-refractivity contribution in [1.29, 1.82) is 0 Å². The minimum absolute atomic E-state index is 0.000368. The van der Waals surface area contributed by atoms with Crippen LogP contribution in [-0.4, -0.2) is 60.8 Å². The van der Waals surface area contributed by atoms with Crippen molar-refractivity contribution < 1.29 is 23.5 Å². The highest BCUT2D eigenvalue weighted by atomic mass is 28.4. The first-order valence-electron chi connectivity index (χ1n) is 11.6. The van der Waals surface area contributed by atoms with Gasteiger partial charge >= 0.3 is 0 Å². The second kappa shape index (κ2) is 9.24. The molecule has 8 nitrogen and oxygen atoms in total. The fourth-order valence-corrected chi connectivity index (χ4v) is 8.21. The number of hydrogen-bond donors (Lipinski definition) is 1. The second-order valence-electron chi connectivity index (χ2n) is 9.59. The van der Waals surface area contributed by atoms with E-state index >= 15 is 4.11 Å². The van der Waals surface area contributed by atoms with Crippen molar-refractivity contribution in [3.05, 3.63) is 48.3 Å². The van der Waals surface area contributed by atoms with Crippen LogP contribution >= 0.6 is 0 Å². The third-order valence-corrected chi connectivity index (χ3v) is 9.53. The largest absolute Gasteiger partial charge is 0.497 e. The number of fused-ring (bicyclic) bond motifs is 2. The smallest absolute Gasteiger partial charge is 0.264 e. The van der Waals surface area contributed by atoms with Crippen LogP contribution in [0.25, 0.3) is 0 Å². The molecular weight excluding hydrogens is 455 g/mol. The van der Waals surface area contributed by atoms with Crippen LogP contribution < -0.4 is 9.64 Å². The molecule has 1 aromatic carbocycles. The molecule has 1 saturated heterocycles. The maximum Gasteiger partial charge on any atom is 0.264 e. The van der Waals surface area contributed by atoms with Gasteiger partial charge in [0.1, 0.15) is 5.75 Å². The zero-order valence-electron chi connectivity index (χ0n) is 20.2. The summed E-state index contributed by atoms with van der Waals surface area (Å²) in [4.78, 5) is 15.6. The van der Waals surface area contributed by atoms with Crippen LogP contribution in [0.15, 0.2) is 37.1 Å². The maximum atomic E-state index is 15.8. The number of aryl methyl sites for hydroxylation is 1. The van der Waals surface area contributed by atoms with E-state index in [1.165, 1.54) is 0 Å². The number of benzene rings is 1. The Kier molecular flexibility index (Phi) is 6.67. The van der Waals surface area contributed by atoms with Crippen LogP contribution in [0.2, 0.25) is 18.6 Å². The Morgan fingerprint density at radius 2 is 2.18 bits per heavy atom. The van der Waals surface area contributed by atoms with Crippen LogP contribution in [0.1, 0.15) is 24.6 Å². The van der Waals surface area contributed by atoms with Crippen molar-refractivity contribution in [1.82, 2.24) is 15.0 Å². The van der Waals surface area contributed by atoms with E-state index in [1.807, 2.05) is 25.1 Å². The molecule has 2 aliphatic heterocycles. The molecule has 4 atom stereocenters. The number of amides is 1. The number of carbonyl (C=O) groups excluding carboxylic acids is 1. The summed E-state index contributed by atoms with van der Waals surface area (Å²) in [7, 11) is -1.65. The molecule has 0 bridgehead atoms. The average molecular weight is 489 g/mol. The molecule has 34 heavy (non-hydrogen) atoms. The highest BCUT2D eigenvalue weighted by molar-refractivity contribution is 6.72. The molecule has 1 N–H and O–H groups in total. The van der Waals surface area contributed by atoms with Gasteiger partial charge in [0, 0.05) is 49.3 Å². The number of anilines is 1. The standard InChI is InChI=1S/C24H33FN4O4Si/c1-6-11-29-20-8-7-18(32-3)14-19(20)24(23(29)31)16(2)22(34(4,5)25)21(33-24)9-12-28-15-17(10-13-30)26-27-28/h6-8,14-16,21-22,30H,1,9-13H2,2-5H3/t16-,21+,22-,24+/m0/s1. The third-order valence-electron chi connectivity index (χ3n) is 7.08. The lowest BCUT2D eigenvalue weighted by Gasteiger charge is -2.31. The maximum absolute atomic E-state index is 15.8. The van der Waals surface area contributed by atoms with Gasteiger partial charge in [-0.3, -0.25) is 9.48 Å². The SMILES string of the molecule is C=CCN1C(=O)[C@]2(O[C@H](CCn3cc(CCO)nn3)[C@@H]([Si](C)(C)F)[C@@H]2C)c2cc(OC)ccc21. The lowest BCUT2D eigenvalue weighted by Crippen LogP contribution is -2.45. The van der Waals surface area contributed by atoms with Crippen molar-refractivity contribution in [2.75, 3.05) is 25.2 Å². The van der Waals surface area contributed by atoms with Crippen molar-refractivity contribution in [3.8, 4) is 5.75 Å². The van der Waals surface area contributed by atoms with E-state index in [4.69, 9.17) is 14.6 Å². The molecule has 0 aliphatic carbocycles. The minimum atomic E-state index is -3.23. The first kappa shape index (κ1) is 24.6. The molecule has 4 rings (SSSR count). The topological polar surface area (TPSA) is 89.7 Å². The zero-order chi connectivity index (χ0) is 24.7. The lowest BCUT2D eigenvalue weighted by atomic mass is 9.82. The van der Waals surface area contributed by atoms with Gasteiger partial charge in [-0.2, -0.15) is 0 Å². The fourth-order valence-electron chi connectivity index (χ4n) is 5.67. The predicted molar refractivity (Wildman–Crippen MR) is 129 cm³/mol. The lowest BCUT2D eigenvalue weighted by molar-refractivity contribution is -0.145. The van der Waals surface area contributed by atoms with Gasteiger partial charge in [0.15, 0.2) is 5.60 Å². The molecule has 0 saturated carbocycles. The number of aromatic nitrogens is 3. The number of aliphatic hydroxyl groups excluding tert-OH is 1. The van der Waals surface area contributed by atoms with Gasteiger partial charge < -0.3 is 23.6 Å². The van der Waals surface area contributed by atoms with Crippen LogP contribution in [0.4, 0.5) is 9.80 Å². The molecule has 0 radical (unpaired) electrons. The van der Waals surface area contributed by atoms with Crippen molar-refractivity contribution >= 4 is 20.0 Å². The van der Waals surface area contributed by atoms with E-state index in [1.54, 1.807) is 42.1 Å². The number of ether oxygens (including phenoxy) is 2. The number of halogens is 1. The number of methoxy groups -OCH3 is 1. The van der Waals surface area contributed by atoms with Gasteiger partial charge in [-0.15, -0.1) is 11.7 Å². The van der Waals surface area contributed by atoms with Crippen LogP contribution in [0.5, 0.6) is 5.75 Å². The van der Waals surface area contributed by atoms with Gasteiger partial charge in [-0.05, 0) is 37.7 Å². The quantitative estimate of drug-likeness (QED) is 0.331. The van der Waals surface area contributed by atoms with Gasteiger partial charge in [0.25, 0.3) is 5.91 Å². The minimum Gasteiger partial charge on any atom is -0.497 e. The Morgan fingerprint density at radius 1 is 1.41 bits per heavy atom. The number of rotatable bonds is 9. The highest BCUT2D eigenvalue weighted by Gasteiger charge is 2.66. The van der Waals surface area contributed by atoms with Gasteiger partial charge in [-0.1, -0.05) is 18.2 Å². The summed E-state index contributed by atoms with van der Waals surface area (Å²) in [5.41, 5.74) is 0.509. The summed E-state index contributed by atoms with van der Waals surface area (Å²) in [6.07, 6.45) is 3.93. The normalized spacial score (nSPS) is 26.4. The van der Waals surface area contributed by atoms with E-state index in [-0.39, 0.29) is 24.0 Å². The summed E-state index contributed by atoms with van der Waals surface area (Å²) >= 11 is 0. The number of aliphatic hydroxyl groups is 1. The summed E-state index contributed by atoms with van der Waals surface area (Å²) in [6.45, 7) is 9.93. The monoisotopic (exact) mass is 488 g/mol. The van der Waals surface area contributed by atoms with Crippen LogP contribution in [0, 0.1) is 5.92 Å². The van der Waals surface area contributed by atoms with Gasteiger partial charge in [0.2, 0.25) is 8.41 Å². The second-order valence-corrected chi connectivity index (χ2v) is 13.4. The van der Waals surface area contributed by atoms with E-state index in [0.717, 1.165) is 11.3 Å². The highest BCUT2D eigenvalue weighted by Crippen LogP contribution is 2.60. The summed E-state index contributed by atoms with van der Waals surface area (Å²) < 4.78 is 29.6. The van der Waals surface area contributed by atoms with E-state index in [2.05, 4.69) is 16.9 Å². The van der Waals surface area contributed by atoms with Crippen molar-refractivity contribution in [3.63, 3.8) is 0 Å². The Balaban J connectivity index is 1.71. The fraction of sp³-hybridized carbons (Fsp3) is 0.542. The molecule has 1 amide bonds. The predicted octanol–water partition coefficient (Wildman–Crippen LogP) is 3.22. The molecule has 0 unspecified atom stereocenters. The summed E-state index contributed by atoms with van der Waals surface area (Å²) in [5, 5.41) is 17.3. The van der Waals surface area contributed by atoms with E-state index < -0.39 is 20.1 Å². The number of nitrogens with zero attached hydrogens (tertiary/aromatic N) is 4. The summed E-state index contributed by atoms with van der Waals surface area (Å²) in [5.74, 6) is 0.0795. The van der Waals surface area contributed by atoms with Crippen molar-refractivity contribution in [2.24, 2.45) is 5.92 Å². The first-order valence-corrected chi connectivity index (χ1v) is 14.6. The van der Waals surface area contributed by atoms with E-state index in [0.29, 0.717) is 37.4 Å². The Hall–Kier alpha value is -2.56. The van der Waals surface area contributed by atoms with Crippen LogP contribution in [0.3, 0.4) is 0 Å². The number of carbonyl (C=O) groups is 1. The Bertz CT molecular complexity index is 1070. The number of hydrogen-bond acceptors (Lipinski definition) is 6. The zero-order valence-corrected chi connectivity index (χ0v) is 21.2. The van der Waals surface area contributed by atoms with Crippen LogP contribution in [-0.2, 0) is 28.1 Å². The van der Waals surface area contributed by atoms with Crippen molar-refractivity contribution in [2.45, 2.75) is 56.7 Å². The third kappa shape index (κ3) is 3.97. The molecule has 1 aromatic heterocycles. The molecular formula is C24H33FN4O4Si. The molecule has 1 fully saturated rings. The molecule has 2 aliphatic rings. The Labute approximate surface area is 200 Å². The molecule has 2 aromatic rings. The molecule has 3 heterocycles. The average Bonchev–Trinajstić information content (AvgIpc) is 3.43. The molecule has 184 valence electrons. The molecule has 10 heteroatoms. The van der Waals surface area contributed by atoms with Gasteiger partial charge in [0.05, 0.1) is 24.6 Å². The van der Waals surface area contributed by atoms with E-state index in [9.17, 15) is 4.79 Å². The van der Waals surface area contributed by atoms with Gasteiger partial charge in [-0.25, -0.2) is 0 Å². The Morgan fingerprint density at radius 3 is 2.82 bits per heavy atom. The molecule has 1 spiro atoms. The summed E-state index contributed by atoms with van der Waals surface area (Å²) in [6, 6.07) is 5.52.